The molecule has 10 heteroatoms. The minimum atomic E-state index is -2.62. The number of amides is 1. The monoisotopic (exact) mass is 546 g/mol. The fraction of sp³-hybridized carbons (Fsp3) is 0.333. The van der Waals surface area contributed by atoms with E-state index in [9.17, 15) is 39.6 Å². The maximum Gasteiger partial charge on any atom is 0.255 e. The number of aromatic hydroxyl groups is 1. The van der Waals surface area contributed by atoms with Crippen molar-refractivity contribution in [1.82, 2.24) is 0 Å². The molecule has 5 rings (SSSR count). The lowest BCUT2D eigenvalue weighted by Gasteiger charge is -2.46. The van der Waals surface area contributed by atoms with Gasteiger partial charge in [-0.15, -0.1) is 0 Å². The molecular formula is C30H30N2O8. The molecule has 6 N–H and O–H groups in total. The lowest BCUT2D eigenvalue weighted by Crippen LogP contribution is -2.58. The molecule has 0 aliphatic heterocycles. The molecule has 0 aromatic heterocycles. The van der Waals surface area contributed by atoms with Crippen molar-refractivity contribution in [3.8, 4) is 16.9 Å². The lowest BCUT2D eigenvalue weighted by molar-refractivity contribution is -0.147. The Morgan fingerprint density at radius 3 is 2.42 bits per heavy atom. The summed E-state index contributed by atoms with van der Waals surface area (Å²) >= 11 is 0. The molecule has 0 spiro atoms. The van der Waals surface area contributed by atoms with Crippen LogP contribution >= 0.6 is 0 Å². The average Bonchev–Trinajstić information content (AvgIpc) is 2.85. The van der Waals surface area contributed by atoms with Crippen LogP contribution in [0.5, 0.6) is 5.75 Å². The van der Waals surface area contributed by atoms with Crippen molar-refractivity contribution in [2.24, 2.45) is 17.6 Å². The summed E-state index contributed by atoms with van der Waals surface area (Å²) in [6.07, 6.45) is 0.104. The summed E-state index contributed by atoms with van der Waals surface area (Å²) in [5.74, 6) is -6.68. The Kier molecular flexibility index (Phi) is 6.34. The molecule has 1 unspecified atom stereocenters. The smallest absolute Gasteiger partial charge is 0.255 e. The zero-order valence-corrected chi connectivity index (χ0v) is 22.3. The number of carbonyl (C=O) groups is 4. The van der Waals surface area contributed by atoms with Crippen LogP contribution in [0.2, 0.25) is 0 Å². The molecule has 1 amide bonds. The van der Waals surface area contributed by atoms with Crippen molar-refractivity contribution >= 4 is 34.7 Å². The first-order valence-corrected chi connectivity index (χ1v) is 12.9. The zero-order chi connectivity index (χ0) is 29.3. The van der Waals surface area contributed by atoms with E-state index in [1.54, 1.807) is 44.4 Å². The number of rotatable bonds is 5. The SMILES string of the molecule is CC(=O)Cc1cccc(-c2cc(N(C)C)c3c(c2O)C(O)=C2C(=O)[C@]4(O)C(O)=C(C(N)=O)C(=O)CC4C[C@@H]2C3)c1. The Bertz CT molecular complexity index is 1580. The highest BCUT2D eigenvalue weighted by molar-refractivity contribution is 6.22. The number of phenols is 1. The molecular weight excluding hydrogens is 516 g/mol. The molecule has 2 aromatic carbocycles. The summed E-state index contributed by atoms with van der Waals surface area (Å²) in [6, 6.07) is 8.85. The van der Waals surface area contributed by atoms with Gasteiger partial charge in [-0.05, 0) is 48.4 Å². The Morgan fingerprint density at radius 2 is 1.80 bits per heavy atom. The Balaban J connectivity index is 1.72. The van der Waals surface area contributed by atoms with Crippen LogP contribution in [0, 0.1) is 11.8 Å². The molecule has 2 aromatic rings. The highest BCUT2D eigenvalue weighted by Crippen LogP contribution is 2.54. The van der Waals surface area contributed by atoms with Gasteiger partial charge in [0.2, 0.25) is 5.78 Å². The van der Waals surface area contributed by atoms with Crippen molar-refractivity contribution in [1.29, 1.82) is 0 Å². The first-order chi connectivity index (χ1) is 18.8. The largest absolute Gasteiger partial charge is 0.508 e. The first kappa shape index (κ1) is 27.1. The normalized spacial score (nSPS) is 23.9. The van der Waals surface area contributed by atoms with Crippen molar-refractivity contribution in [3.05, 3.63) is 63.9 Å². The van der Waals surface area contributed by atoms with Crippen LogP contribution in [-0.4, -0.2) is 63.4 Å². The van der Waals surface area contributed by atoms with Gasteiger partial charge in [0, 0.05) is 49.7 Å². The lowest BCUT2D eigenvalue weighted by atomic mass is 9.59. The molecule has 0 bridgehead atoms. The number of nitrogens with two attached hydrogens (primary N) is 1. The molecule has 0 radical (unpaired) electrons. The van der Waals surface area contributed by atoms with Gasteiger partial charge in [-0.1, -0.05) is 24.3 Å². The molecule has 0 saturated heterocycles. The molecule has 10 nitrogen and oxygen atoms in total. The van der Waals surface area contributed by atoms with E-state index in [0.29, 0.717) is 22.4 Å². The van der Waals surface area contributed by atoms with Gasteiger partial charge in [0.1, 0.15) is 28.6 Å². The highest BCUT2D eigenvalue weighted by atomic mass is 16.3. The minimum Gasteiger partial charge on any atom is -0.508 e. The van der Waals surface area contributed by atoms with E-state index >= 15 is 0 Å². The van der Waals surface area contributed by atoms with Crippen molar-refractivity contribution < 1.29 is 39.6 Å². The van der Waals surface area contributed by atoms with Gasteiger partial charge in [0.15, 0.2) is 11.4 Å². The van der Waals surface area contributed by atoms with Gasteiger partial charge < -0.3 is 31.1 Å². The summed E-state index contributed by atoms with van der Waals surface area (Å²) in [6.45, 7) is 1.48. The zero-order valence-electron chi connectivity index (χ0n) is 22.3. The van der Waals surface area contributed by atoms with Crippen LogP contribution in [0.25, 0.3) is 16.9 Å². The van der Waals surface area contributed by atoms with Crippen LogP contribution < -0.4 is 10.6 Å². The average molecular weight is 547 g/mol. The number of aliphatic hydroxyl groups is 3. The Hall–Kier alpha value is -4.44. The van der Waals surface area contributed by atoms with Gasteiger partial charge in [-0.25, -0.2) is 0 Å². The number of Topliss-reactive ketones (excluding diaryl/α,β-unsaturated/α-hetero) is 3. The van der Waals surface area contributed by atoms with Gasteiger partial charge in [-0.2, -0.15) is 0 Å². The molecule has 0 heterocycles. The van der Waals surface area contributed by atoms with Crippen LogP contribution in [0.15, 0.2) is 47.2 Å². The minimum absolute atomic E-state index is 0.0188. The number of hydrogen-bond acceptors (Lipinski definition) is 9. The second-order valence-corrected chi connectivity index (χ2v) is 11.0. The van der Waals surface area contributed by atoms with Gasteiger partial charge >= 0.3 is 0 Å². The molecule has 3 aliphatic rings. The van der Waals surface area contributed by atoms with Gasteiger partial charge in [0.05, 0.1) is 5.56 Å². The fourth-order valence-electron chi connectivity index (χ4n) is 6.42. The number of aliphatic hydroxyl groups excluding tert-OH is 2. The third-order valence-electron chi connectivity index (χ3n) is 8.21. The number of benzene rings is 2. The predicted octanol–water partition coefficient (Wildman–Crippen LogP) is 2.29. The Morgan fingerprint density at radius 1 is 1.10 bits per heavy atom. The highest BCUT2D eigenvalue weighted by Gasteiger charge is 2.60. The van der Waals surface area contributed by atoms with E-state index in [4.69, 9.17) is 5.73 Å². The number of fused-ring (bicyclic) bond motifs is 3. The van der Waals surface area contributed by atoms with Crippen LogP contribution in [-0.2, 0) is 32.0 Å². The molecule has 40 heavy (non-hydrogen) atoms. The maximum absolute atomic E-state index is 13.8. The summed E-state index contributed by atoms with van der Waals surface area (Å²) in [7, 11) is 3.61. The van der Waals surface area contributed by atoms with Crippen molar-refractivity contribution in [2.45, 2.75) is 38.2 Å². The first-order valence-electron chi connectivity index (χ1n) is 12.9. The van der Waals surface area contributed by atoms with Gasteiger partial charge in [-0.3, -0.25) is 19.2 Å². The van der Waals surface area contributed by atoms with E-state index in [1.165, 1.54) is 6.92 Å². The summed E-state index contributed by atoms with van der Waals surface area (Å²) in [5.41, 5.74) is 4.58. The van der Waals surface area contributed by atoms with Crippen molar-refractivity contribution in [3.63, 3.8) is 0 Å². The number of carbonyl (C=O) groups excluding carboxylic acids is 4. The summed E-state index contributed by atoms with van der Waals surface area (Å²) in [5, 5.41) is 45.3. The third-order valence-corrected chi connectivity index (χ3v) is 8.21. The van der Waals surface area contributed by atoms with E-state index < -0.39 is 52.0 Å². The summed E-state index contributed by atoms with van der Waals surface area (Å²) < 4.78 is 0. The fourth-order valence-corrected chi connectivity index (χ4v) is 6.42. The van der Waals surface area contributed by atoms with Crippen LogP contribution in [0.1, 0.15) is 36.5 Å². The Labute approximate surface area is 230 Å². The number of ketones is 3. The second kappa shape index (κ2) is 9.34. The number of phenolic OH excluding ortho intramolecular Hbond substituents is 1. The molecule has 1 saturated carbocycles. The maximum atomic E-state index is 13.8. The molecule has 3 atom stereocenters. The topological polar surface area (TPSA) is 178 Å². The van der Waals surface area contributed by atoms with Crippen LogP contribution in [0.4, 0.5) is 5.69 Å². The molecule has 3 aliphatic carbocycles. The quantitative estimate of drug-likeness (QED) is 0.352. The number of anilines is 1. The number of hydrogen-bond donors (Lipinski definition) is 5. The van der Waals surface area contributed by atoms with Crippen molar-refractivity contribution in [2.75, 3.05) is 19.0 Å². The number of nitrogens with zero attached hydrogens (tertiary/aromatic N) is 1. The predicted molar refractivity (Wildman–Crippen MR) is 146 cm³/mol. The van der Waals surface area contributed by atoms with E-state index in [0.717, 1.165) is 5.56 Å². The third kappa shape index (κ3) is 3.90. The second-order valence-electron chi connectivity index (χ2n) is 11.0. The van der Waals surface area contributed by atoms with E-state index in [2.05, 4.69) is 0 Å². The van der Waals surface area contributed by atoms with E-state index in [-0.39, 0.29) is 48.4 Å². The molecule has 1 fully saturated rings. The van der Waals surface area contributed by atoms with Gasteiger partial charge in [0.25, 0.3) is 5.91 Å². The summed E-state index contributed by atoms with van der Waals surface area (Å²) in [4.78, 5) is 51.7. The van der Waals surface area contributed by atoms with Crippen LogP contribution in [0.3, 0.4) is 0 Å². The standard InChI is InChI=1S/C30H30N2O8/c1-13(33)7-14-5-4-6-15(8-14)18-12-20(32(2)3)19-10-16-9-17-11-21(34)24(29(31)39)28(38)30(17,40)27(37)22(16)26(36)23(19)25(18)35/h4-6,8,12,16-17,35-36,38,40H,7,9-11H2,1-3H3,(H2,31,39)/t16-,17?,30+/m1/s1. The molecule has 208 valence electrons. The van der Waals surface area contributed by atoms with E-state index in [1.807, 2.05) is 4.90 Å². The number of primary amides is 1.